The van der Waals surface area contributed by atoms with Crippen molar-refractivity contribution in [1.29, 1.82) is 0 Å². The maximum Gasteiger partial charge on any atom is 0.251 e. The Morgan fingerprint density at radius 1 is 1.13 bits per heavy atom. The molecule has 1 saturated heterocycles. The Morgan fingerprint density at radius 3 is 2.50 bits per heavy atom. The lowest BCUT2D eigenvalue weighted by Crippen LogP contribution is -2.46. The minimum atomic E-state index is -0.917. The zero-order chi connectivity index (χ0) is 27.2. The molecule has 4 rings (SSSR count). The van der Waals surface area contributed by atoms with E-state index >= 15 is 0 Å². The quantitative estimate of drug-likeness (QED) is 0.432. The first-order chi connectivity index (χ1) is 18.3. The number of ether oxygens (including phenoxy) is 2. The van der Waals surface area contributed by atoms with Crippen LogP contribution in [0.15, 0.2) is 41.4 Å². The van der Waals surface area contributed by atoms with Crippen LogP contribution < -0.4 is 20.1 Å². The maximum atomic E-state index is 14.6. The van der Waals surface area contributed by atoms with Crippen molar-refractivity contribution in [2.75, 3.05) is 27.3 Å². The Hall–Kier alpha value is -3.13. The van der Waals surface area contributed by atoms with E-state index in [0.717, 1.165) is 48.3 Å². The van der Waals surface area contributed by atoms with Gasteiger partial charge in [-0.1, -0.05) is 13.0 Å². The molecule has 1 fully saturated rings. The number of benzene rings is 2. The number of likely N-dealkylation sites (N-methyl/N-ethyl adjacent to an activating group) is 1. The fourth-order valence-corrected chi connectivity index (χ4v) is 5.64. The van der Waals surface area contributed by atoms with Crippen LogP contribution in [-0.4, -0.2) is 56.3 Å². The van der Waals surface area contributed by atoms with Gasteiger partial charge in [-0.2, -0.15) is 0 Å². The molecule has 0 spiro atoms. The van der Waals surface area contributed by atoms with Crippen molar-refractivity contribution in [1.82, 2.24) is 15.5 Å². The van der Waals surface area contributed by atoms with Crippen molar-refractivity contribution >= 4 is 11.7 Å². The normalized spacial score (nSPS) is 22.5. The minimum Gasteiger partial charge on any atom is -0.497 e. The van der Waals surface area contributed by atoms with Crippen LogP contribution in [0, 0.1) is 0 Å². The van der Waals surface area contributed by atoms with E-state index in [1.807, 2.05) is 49.1 Å². The molecule has 0 aliphatic carbocycles. The number of likely N-dealkylation sites (tertiary alicyclic amines) is 1. The average Bonchev–Trinajstić information content (AvgIpc) is 3.45. The lowest BCUT2D eigenvalue weighted by Gasteiger charge is -2.41. The van der Waals surface area contributed by atoms with Crippen molar-refractivity contribution in [2.24, 2.45) is 4.99 Å². The van der Waals surface area contributed by atoms with Gasteiger partial charge in [0.1, 0.15) is 11.5 Å². The molecule has 2 aliphatic heterocycles. The third-order valence-electron chi connectivity index (χ3n) is 7.84. The molecule has 8 heteroatoms. The molecule has 2 N–H and O–H groups in total. The second-order valence-electron chi connectivity index (χ2n) is 10.3. The number of nitrogens with zero attached hydrogens (tertiary/aromatic N) is 2. The Labute approximate surface area is 225 Å². The summed E-state index contributed by atoms with van der Waals surface area (Å²) in [6, 6.07) is 11.5. The highest BCUT2D eigenvalue weighted by Gasteiger charge is 2.35. The minimum absolute atomic E-state index is 0.0465. The molecule has 206 valence electrons. The van der Waals surface area contributed by atoms with Crippen molar-refractivity contribution in [3.63, 3.8) is 0 Å². The van der Waals surface area contributed by atoms with Crippen LogP contribution >= 0.6 is 0 Å². The van der Waals surface area contributed by atoms with E-state index < -0.39 is 6.30 Å². The Balaban J connectivity index is 1.60. The van der Waals surface area contributed by atoms with Gasteiger partial charge < -0.3 is 20.1 Å². The molecule has 4 atom stereocenters. The van der Waals surface area contributed by atoms with E-state index in [1.165, 1.54) is 0 Å². The summed E-state index contributed by atoms with van der Waals surface area (Å²) in [6.45, 7) is 8.16. The Kier molecular flexibility index (Phi) is 9.26. The second-order valence-corrected chi connectivity index (χ2v) is 10.3. The number of carbonyl (C=O) groups excluding carboxylic acids is 1. The highest BCUT2D eigenvalue weighted by molar-refractivity contribution is 5.95. The van der Waals surface area contributed by atoms with Crippen LogP contribution in [0.2, 0.25) is 0 Å². The highest BCUT2D eigenvalue weighted by Crippen LogP contribution is 2.37. The molecule has 2 heterocycles. The van der Waals surface area contributed by atoms with E-state index in [0.29, 0.717) is 36.6 Å². The second kappa shape index (κ2) is 12.6. The molecule has 1 amide bonds. The monoisotopic (exact) mass is 524 g/mol. The number of halogens is 1. The van der Waals surface area contributed by atoms with Gasteiger partial charge in [-0.3, -0.25) is 14.7 Å². The summed E-state index contributed by atoms with van der Waals surface area (Å²) in [5.41, 5.74) is 3.60. The summed E-state index contributed by atoms with van der Waals surface area (Å²) >= 11 is 0. The lowest BCUT2D eigenvalue weighted by molar-refractivity contribution is 0.00186. The number of hydrogen-bond donors (Lipinski definition) is 2. The van der Waals surface area contributed by atoms with Gasteiger partial charge in [0.2, 0.25) is 0 Å². The van der Waals surface area contributed by atoms with Gasteiger partial charge in [0.05, 0.1) is 26.1 Å². The summed E-state index contributed by atoms with van der Waals surface area (Å²) in [7, 11) is 3.22. The summed E-state index contributed by atoms with van der Waals surface area (Å²) in [4.78, 5) is 20.0. The predicted molar refractivity (Wildman–Crippen MR) is 149 cm³/mol. The third-order valence-corrected chi connectivity index (χ3v) is 7.84. The Morgan fingerprint density at radius 2 is 1.87 bits per heavy atom. The topological polar surface area (TPSA) is 75.2 Å². The highest BCUT2D eigenvalue weighted by atomic mass is 19.1. The first-order valence-corrected chi connectivity index (χ1v) is 13.7. The van der Waals surface area contributed by atoms with Crippen LogP contribution in [0.4, 0.5) is 4.39 Å². The average molecular weight is 525 g/mol. The number of methoxy groups -OCH3 is 2. The molecule has 0 radical (unpaired) electrons. The standard InChI is InChI=1S/C30H41FN4O3/c1-6-35-20(3)27(9-10-28(35)31)23-12-21(18-33-29-8-7-11-32-29)13-24(14-23)30(36)34-19(2)22-15-25(37-4)17-26(16-22)38-5/h12-17,19-20,27-28H,6-11,18H2,1-5H3,(H,32,33)(H,34,36). The van der Waals surface area contributed by atoms with Crippen molar-refractivity contribution in [3.05, 3.63) is 58.7 Å². The third kappa shape index (κ3) is 6.46. The van der Waals surface area contributed by atoms with Gasteiger partial charge in [0, 0.05) is 37.2 Å². The molecular weight excluding hydrogens is 483 g/mol. The summed E-state index contributed by atoms with van der Waals surface area (Å²) in [5, 5.41) is 6.59. The molecular formula is C30H41FN4O3. The number of hydrogen-bond acceptors (Lipinski definition) is 6. The molecule has 38 heavy (non-hydrogen) atoms. The van der Waals surface area contributed by atoms with Gasteiger partial charge in [-0.05, 0) is 86.5 Å². The number of amidine groups is 1. The van der Waals surface area contributed by atoms with E-state index in [9.17, 15) is 9.18 Å². The summed E-state index contributed by atoms with van der Waals surface area (Å²) < 4.78 is 25.4. The molecule has 0 bridgehead atoms. The molecule has 0 saturated carbocycles. The maximum absolute atomic E-state index is 14.6. The smallest absolute Gasteiger partial charge is 0.251 e. The van der Waals surface area contributed by atoms with Crippen LogP contribution in [0.1, 0.15) is 85.5 Å². The van der Waals surface area contributed by atoms with Crippen molar-refractivity contribution in [2.45, 2.75) is 77.3 Å². The summed E-state index contributed by atoms with van der Waals surface area (Å²) in [5.74, 6) is 2.36. The Bertz CT molecular complexity index is 1130. The van der Waals surface area contributed by atoms with Gasteiger partial charge in [-0.25, -0.2) is 4.39 Å². The van der Waals surface area contributed by atoms with Crippen LogP contribution in [0.3, 0.4) is 0 Å². The molecule has 4 unspecified atom stereocenters. The number of rotatable bonds is 9. The zero-order valence-corrected chi connectivity index (χ0v) is 23.2. The van der Waals surface area contributed by atoms with Crippen LogP contribution in [0.5, 0.6) is 11.5 Å². The van der Waals surface area contributed by atoms with E-state index in [1.54, 1.807) is 14.2 Å². The molecule has 2 aromatic rings. The largest absolute Gasteiger partial charge is 0.497 e. The fourth-order valence-electron chi connectivity index (χ4n) is 5.64. The van der Waals surface area contributed by atoms with E-state index in [-0.39, 0.29) is 23.9 Å². The number of alkyl halides is 1. The summed E-state index contributed by atoms with van der Waals surface area (Å²) in [6.07, 6.45) is 2.36. The number of amides is 1. The van der Waals surface area contributed by atoms with Crippen LogP contribution in [-0.2, 0) is 6.54 Å². The van der Waals surface area contributed by atoms with Gasteiger partial charge in [0.15, 0.2) is 6.30 Å². The molecule has 7 nitrogen and oxygen atoms in total. The van der Waals surface area contributed by atoms with Crippen molar-refractivity contribution < 1.29 is 18.7 Å². The SMILES string of the molecule is CCN1C(F)CCC(c2cc(CNC3=NCCC3)cc(C(=O)NC(C)c3cc(OC)cc(OC)c3)c2)C1C. The van der Waals surface area contributed by atoms with Gasteiger partial charge >= 0.3 is 0 Å². The van der Waals surface area contributed by atoms with Gasteiger partial charge in [-0.15, -0.1) is 0 Å². The van der Waals surface area contributed by atoms with E-state index in [2.05, 4.69) is 28.6 Å². The molecule has 2 aromatic carbocycles. The number of carbonyl (C=O) groups is 1. The first kappa shape index (κ1) is 27.9. The lowest BCUT2D eigenvalue weighted by atomic mass is 9.82. The van der Waals surface area contributed by atoms with E-state index in [4.69, 9.17) is 9.47 Å². The molecule has 2 aliphatic rings. The predicted octanol–water partition coefficient (Wildman–Crippen LogP) is 5.36. The number of piperidine rings is 1. The number of nitrogens with one attached hydrogen (secondary N) is 2. The molecule has 0 aromatic heterocycles. The van der Waals surface area contributed by atoms with Crippen molar-refractivity contribution in [3.8, 4) is 11.5 Å². The first-order valence-electron chi connectivity index (χ1n) is 13.7. The number of aliphatic imine (C=N–C) groups is 1. The zero-order valence-electron chi connectivity index (χ0n) is 23.2. The fraction of sp³-hybridized carbons (Fsp3) is 0.533. The van der Waals surface area contributed by atoms with Crippen LogP contribution in [0.25, 0.3) is 0 Å². The van der Waals surface area contributed by atoms with Gasteiger partial charge in [0.25, 0.3) is 5.91 Å².